The summed E-state index contributed by atoms with van der Waals surface area (Å²) in [5, 5.41) is 12.1. The van der Waals surface area contributed by atoms with E-state index in [0.717, 1.165) is 29.7 Å². The summed E-state index contributed by atoms with van der Waals surface area (Å²) in [4.78, 5) is 23.6. The van der Waals surface area contributed by atoms with Crippen LogP contribution in [0.5, 0.6) is 0 Å². The number of anilines is 1. The number of ether oxygens (including phenoxy) is 1. The molecule has 0 fully saturated rings. The number of fused-ring (bicyclic) bond motifs is 1. The number of nitrogens with one attached hydrogen (secondary N) is 1. The van der Waals surface area contributed by atoms with Crippen LogP contribution in [0.2, 0.25) is 0 Å². The third kappa shape index (κ3) is 2.26. The van der Waals surface area contributed by atoms with E-state index in [1.165, 1.54) is 11.3 Å². The van der Waals surface area contributed by atoms with Crippen molar-refractivity contribution in [1.29, 1.82) is 0 Å². The minimum Gasteiger partial charge on any atom is -0.478 e. The van der Waals surface area contributed by atoms with Crippen molar-refractivity contribution >= 4 is 28.4 Å². The first-order chi connectivity index (χ1) is 8.13. The van der Waals surface area contributed by atoms with Gasteiger partial charge in [-0.05, 0) is 31.7 Å². The van der Waals surface area contributed by atoms with E-state index in [4.69, 9.17) is 4.74 Å². The summed E-state index contributed by atoms with van der Waals surface area (Å²) in [6, 6.07) is 0. The first kappa shape index (κ1) is 11.9. The number of carboxylic acids is 1. The molecule has 2 N–H and O–H groups in total. The molecule has 0 aliphatic heterocycles. The van der Waals surface area contributed by atoms with Crippen LogP contribution in [0.1, 0.15) is 34.1 Å². The highest BCUT2D eigenvalue weighted by Gasteiger charge is 2.27. The van der Waals surface area contributed by atoms with Crippen molar-refractivity contribution in [2.75, 3.05) is 11.9 Å². The molecule has 1 heterocycles. The van der Waals surface area contributed by atoms with Crippen LogP contribution in [0.25, 0.3) is 0 Å². The van der Waals surface area contributed by atoms with Gasteiger partial charge in [0.2, 0.25) is 0 Å². The molecule has 0 bridgehead atoms. The number of aryl methyl sites for hydroxylation is 1. The fraction of sp³-hybridized carbons (Fsp3) is 0.455. The van der Waals surface area contributed by atoms with Gasteiger partial charge in [0.15, 0.2) is 0 Å². The van der Waals surface area contributed by atoms with Crippen molar-refractivity contribution in [3.63, 3.8) is 0 Å². The molecule has 1 amide bonds. The number of rotatable bonds is 3. The number of carbonyl (C=O) groups is 2. The second-order valence-electron chi connectivity index (χ2n) is 3.71. The Morgan fingerprint density at radius 3 is 2.88 bits per heavy atom. The number of carbonyl (C=O) groups excluding carboxylic acids is 1. The maximum atomic E-state index is 11.3. The SMILES string of the molecule is CCOC(=O)Nc1sc2c(c1C(=O)O)CCC2. The number of hydrogen-bond donors (Lipinski definition) is 2. The van der Waals surface area contributed by atoms with Crippen molar-refractivity contribution in [2.45, 2.75) is 26.2 Å². The Kier molecular flexibility index (Phi) is 3.33. The zero-order valence-corrected chi connectivity index (χ0v) is 10.2. The Morgan fingerprint density at radius 1 is 1.47 bits per heavy atom. The van der Waals surface area contributed by atoms with Gasteiger partial charge in [-0.15, -0.1) is 11.3 Å². The molecule has 2 rings (SSSR count). The minimum atomic E-state index is -0.990. The highest BCUT2D eigenvalue weighted by Crippen LogP contribution is 2.39. The van der Waals surface area contributed by atoms with E-state index < -0.39 is 12.1 Å². The zero-order valence-electron chi connectivity index (χ0n) is 9.41. The van der Waals surface area contributed by atoms with Gasteiger partial charge in [0, 0.05) is 4.88 Å². The molecule has 5 nitrogen and oxygen atoms in total. The molecule has 1 aliphatic rings. The molecular weight excluding hydrogens is 242 g/mol. The number of thiophene rings is 1. The smallest absolute Gasteiger partial charge is 0.412 e. The van der Waals surface area contributed by atoms with E-state index in [9.17, 15) is 14.7 Å². The van der Waals surface area contributed by atoms with Crippen molar-refractivity contribution in [3.05, 3.63) is 16.0 Å². The van der Waals surface area contributed by atoms with E-state index in [2.05, 4.69) is 5.32 Å². The summed E-state index contributed by atoms with van der Waals surface area (Å²) in [5.41, 5.74) is 1.10. The first-order valence-corrected chi connectivity index (χ1v) is 6.26. The lowest BCUT2D eigenvalue weighted by Gasteiger charge is -2.04. The van der Waals surface area contributed by atoms with Gasteiger partial charge in [-0.3, -0.25) is 5.32 Å². The van der Waals surface area contributed by atoms with E-state index in [1.54, 1.807) is 6.92 Å². The van der Waals surface area contributed by atoms with Gasteiger partial charge in [0.1, 0.15) is 5.00 Å². The normalized spacial score (nSPS) is 13.2. The summed E-state index contributed by atoms with van der Waals surface area (Å²) in [7, 11) is 0. The maximum Gasteiger partial charge on any atom is 0.412 e. The van der Waals surface area contributed by atoms with Gasteiger partial charge in [-0.25, -0.2) is 9.59 Å². The fourth-order valence-corrected chi connectivity index (χ4v) is 3.25. The average molecular weight is 255 g/mol. The van der Waals surface area contributed by atoms with Crippen LogP contribution in [-0.2, 0) is 17.6 Å². The molecule has 0 unspecified atom stereocenters. The third-order valence-electron chi connectivity index (χ3n) is 2.63. The fourth-order valence-electron chi connectivity index (χ4n) is 1.98. The highest BCUT2D eigenvalue weighted by molar-refractivity contribution is 7.17. The number of hydrogen-bond acceptors (Lipinski definition) is 4. The van der Waals surface area contributed by atoms with E-state index >= 15 is 0 Å². The number of aromatic carboxylic acids is 1. The Bertz CT molecular complexity index is 466. The second kappa shape index (κ2) is 4.75. The topological polar surface area (TPSA) is 75.6 Å². The van der Waals surface area contributed by atoms with Crippen molar-refractivity contribution < 1.29 is 19.4 Å². The predicted molar refractivity (Wildman–Crippen MR) is 63.9 cm³/mol. The van der Waals surface area contributed by atoms with Gasteiger partial charge in [0.25, 0.3) is 0 Å². The van der Waals surface area contributed by atoms with E-state index in [0.29, 0.717) is 5.00 Å². The summed E-state index contributed by atoms with van der Waals surface area (Å²) < 4.78 is 4.75. The molecule has 1 aliphatic carbocycles. The van der Waals surface area contributed by atoms with E-state index in [-0.39, 0.29) is 12.2 Å². The van der Waals surface area contributed by atoms with Gasteiger partial charge in [-0.1, -0.05) is 0 Å². The number of carboxylic acid groups (broad SMARTS) is 1. The average Bonchev–Trinajstić information content (AvgIpc) is 2.76. The predicted octanol–water partition coefficient (Wildman–Crippen LogP) is 2.50. The Morgan fingerprint density at radius 2 is 2.24 bits per heavy atom. The van der Waals surface area contributed by atoms with Crippen LogP contribution in [0.4, 0.5) is 9.80 Å². The highest BCUT2D eigenvalue weighted by atomic mass is 32.1. The van der Waals surface area contributed by atoms with Crippen LogP contribution in [0, 0.1) is 0 Å². The molecule has 0 aromatic carbocycles. The van der Waals surface area contributed by atoms with Crippen LogP contribution < -0.4 is 5.32 Å². The standard InChI is InChI=1S/C11H13NO4S/c1-2-16-11(15)12-9-8(10(13)14)6-4-3-5-7(6)17-9/h2-5H2,1H3,(H,12,15)(H,13,14). The second-order valence-corrected chi connectivity index (χ2v) is 4.82. The lowest BCUT2D eigenvalue weighted by atomic mass is 10.1. The van der Waals surface area contributed by atoms with Crippen molar-refractivity contribution in [1.82, 2.24) is 0 Å². The molecule has 1 aromatic heterocycles. The Balaban J connectivity index is 2.28. The Hall–Kier alpha value is -1.56. The molecule has 17 heavy (non-hydrogen) atoms. The molecule has 6 heteroatoms. The van der Waals surface area contributed by atoms with Gasteiger partial charge >= 0.3 is 12.1 Å². The molecule has 0 saturated heterocycles. The van der Waals surface area contributed by atoms with Crippen molar-refractivity contribution in [2.24, 2.45) is 0 Å². The summed E-state index contributed by atoms with van der Waals surface area (Å²) in [6.45, 7) is 1.96. The molecule has 0 saturated carbocycles. The molecule has 92 valence electrons. The van der Waals surface area contributed by atoms with Gasteiger partial charge in [-0.2, -0.15) is 0 Å². The van der Waals surface area contributed by atoms with Crippen LogP contribution >= 0.6 is 11.3 Å². The summed E-state index contributed by atoms with van der Waals surface area (Å²) in [6.07, 6.45) is 2.05. The summed E-state index contributed by atoms with van der Waals surface area (Å²) in [5.74, 6) is -0.990. The largest absolute Gasteiger partial charge is 0.478 e. The number of amides is 1. The van der Waals surface area contributed by atoms with Crippen molar-refractivity contribution in [3.8, 4) is 0 Å². The molecule has 0 spiro atoms. The van der Waals surface area contributed by atoms with Crippen LogP contribution in [0.15, 0.2) is 0 Å². The molecule has 0 atom stereocenters. The summed E-state index contributed by atoms with van der Waals surface area (Å²) >= 11 is 1.34. The zero-order chi connectivity index (χ0) is 12.4. The maximum absolute atomic E-state index is 11.3. The lowest BCUT2D eigenvalue weighted by molar-refractivity contribution is 0.0697. The molecule has 1 aromatic rings. The molecule has 0 radical (unpaired) electrons. The monoisotopic (exact) mass is 255 g/mol. The van der Waals surface area contributed by atoms with E-state index in [1.807, 2.05) is 0 Å². The first-order valence-electron chi connectivity index (χ1n) is 5.45. The lowest BCUT2D eigenvalue weighted by Crippen LogP contribution is -2.14. The Labute approximate surface area is 102 Å². The quantitative estimate of drug-likeness (QED) is 0.870. The molecular formula is C11H13NO4S. The van der Waals surface area contributed by atoms with Gasteiger partial charge in [0.05, 0.1) is 12.2 Å². The third-order valence-corrected chi connectivity index (χ3v) is 3.83. The van der Waals surface area contributed by atoms with Crippen LogP contribution in [0.3, 0.4) is 0 Å². The van der Waals surface area contributed by atoms with Gasteiger partial charge < -0.3 is 9.84 Å². The van der Waals surface area contributed by atoms with Crippen LogP contribution in [-0.4, -0.2) is 23.8 Å². The minimum absolute atomic E-state index is 0.232.